The zero-order valence-electron chi connectivity index (χ0n) is 18.1. The summed E-state index contributed by atoms with van der Waals surface area (Å²) in [5.41, 5.74) is 0.833. The largest absolute Gasteiger partial charge is 0.407 e. The van der Waals surface area contributed by atoms with Crippen LogP contribution in [0.2, 0.25) is 5.04 Å². The number of hydrogen-bond acceptors (Lipinski definition) is 2. The van der Waals surface area contributed by atoms with Crippen LogP contribution in [-0.2, 0) is 4.43 Å². The Morgan fingerprint density at radius 1 is 0.964 bits per heavy atom. The van der Waals surface area contributed by atoms with Gasteiger partial charge in [0.1, 0.15) is 0 Å². The van der Waals surface area contributed by atoms with Crippen LogP contribution >= 0.6 is 0 Å². The molecule has 152 valence electrons. The minimum Gasteiger partial charge on any atom is -0.407 e. The quantitative estimate of drug-likeness (QED) is 0.482. The molecule has 0 aliphatic heterocycles. The lowest BCUT2D eigenvalue weighted by atomic mass is 10.0. The molecule has 0 heterocycles. The zero-order chi connectivity index (χ0) is 20.8. The van der Waals surface area contributed by atoms with Gasteiger partial charge in [-0.25, -0.2) is 0 Å². The molecule has 28 heavy (non-hydrogen) atoms. The fourth-order valence-electron chi connectivity index (χ4n) is 3.80. The van der Waals surface area contributed by atoms with Crippen LogP contribution in [0.5, 0.6) is 0 Å². The van der Waals surface area contributed by atoms with E-state index in [4.69, 9.17) is 4.43 Å². The molecule has 0 spiro atoms. The van der Waals surface area contributed by atoms with Crippen LogP contribution in [0, 0.1) is 5.92 Å². The SMILES string of the molecule is C=C(C)[C@@H](O)CC[C@H](C)CO[Si](c1ccccc1)(c1ccccc1)C(C)(C)C. The number of rotatable bonds is 9. The highest BCUT2D eigenvalue weighted by Gasteiger charge is 2.50. The molecule has 2 aromatic carbocycles. The fourth-order valence-corrected chi connectivity index (χ4v) is 8.49. The van der Waals surface area contributed by atoms with Crippen LogP contribution in [0.3, 0.4) is 0 Å². The Labute approximate surface area is 172 Å². The first-order valence-corrected chi connectivity index (χ1v) is 12.2. The van der Waals surface area contributed by atoms with Crippen LogP contribution in [-0.4, -0.2) is 26.1 Å². The van der Waals surface area contributed by atoms with Gasteiger partial charge in [-0.15, -0.1) is 0 Å². The molecule has 0 aliphatic carbocycles. The van der Waals surface area contributed by atoms with Gasteiger partial charge in [0.15, 0.2) is 0 Å². The van der Waals surface area contributed by atoms with Gasteiger partial charge in [-0.1, -0.05) is 101 Å². The van der Waals surface area contributed by atoms with Crippen molar-refractivity contribution in [2.24, 2.45) is 5.92 Å². The molecule has 1 N–H and O–H groups in total. The van der Waals surface area contributed by atoms with E-state index in [0.717, 1.165) is 18.4 Å². The van der Waals surface area contributed by atoms with Gasteiger partial charge in [0.05, 0.1) is 6.10 Å². The van der Waals surface area contributed by atoms with Gasteiger partial charge in [0, 0.05) is 6.61 Å². The fraction of sp³-hybridized carbons (Fsp3) is 0.440. The van der Waals surface area contributed by atoms with Crippen LogP contribution in [0.1, 0.15) is 47.5 Å². The highest BCUT2D eigenvalue weighted by atomic mass is 28.4. The van der Waals surface area contributed by atoms with Crippen LogP contribution in [0.15, 0.2) is 72.8 Å². The van der Waals surface area contributed by atoms with Gasteiger partial charge in [-0.05, 0) is 41.1 Å². The van der Waals surface area contributed by atoms with Crippen LogP contribution in [0.25, 0.3) is 0 Å². The van der Waals surface area contributed by atoms with Crippen molar-refractivity contribution in [1.82, 2.24) is 0 Å². The summed E-state index contributed by atoms with van der Waals surface area (Å²) in [5, 5.41) is 12.7. The third-order valence-electron chi connectivity index (χ3n) is 5.50. The van der Waals surface area contributed by atoms with Gasteiger partial charge in [0.25, 0.3) is 8.32 Å². The average Bonchev–Trinajstić information content (AvgIpc) is 2.67. The molecule has 2 nitrogen and oxygen atoms in total. The van der Waals surface area contributed by atoms with Crippen molar-refractivity contribution in [1.29, 1.82) is 0 Å². The van der Waals surface area contributed by atoms with Gasteiger partial charge >= 0.3 is 0 Å². The van der Waals surface area contributed by atoms with E-state index in [2.05, 4.69) is 94.9 Å². The van der Waals surface area contributed by atoms with E-state index < -0.39 is 14.4 Å². The minimum absolute atomic E-state index is 0.00730. The van der Waals surface area contributed by atoms with E-state index in [1.807, 2.05) is 6.92 Å². The van der Waals surface area contributed by atoms with Crippen molar-refractivity contribution in [3.8, 4) is 0 Å². The lowest BCUT2D eigenvalue weighted by Crippen LogP contribution is -2.66. The summed E-state index contributed by atoms with van der Waals surface area (Å²) in [6.07, 6.45) is 1.24. The normalized spacial score (nSPS) is 14.5. The number of aliphatic hydroxyl groups is 1. The molecule has 2 rings (SSSR count). The van der Waals surface area contributed by atoms with Crippen molar-refractivity contribution in [2.75, 3.05) is 6.61 Å². The Balaban J connectivity index is 2.33. The molecular weight excluding hydrogens is 360 g/mol. The Morgan fingerprint density at radius 2 is 1.43 bits per heavy atom. The average molecular weight is 397 g/mol. The van der Waals surface area contributed by atoms with Gasteiger partial charge in [-0.3, -0.25) is 0 Å². The minimum atomic E-state index is -2.47. The maximum atomic E-state index is 10.1. The van der Waals surface area contributed by atoms with E-state index in [-0.39, 0.29) is 5.04 Å². The Hall–Kier alpha value is -1.68. The second-order valence-corrected chi connectivity index (χ2v) is 13.3. The summed E-state index contributed by atoms with van der Waals surface area (Å²) >= 11 is 0. The first kappa shape index (κ1) is 22.6. The van der Waals surface area contributed by atoms with Gasteiger partial charge in [0.2, 0.25) is 0 Å². The first-order valence-electron chi connectivity index (χ1n) is 10.3. The summed E-state index contributed by atoms with van der Waals surface area (Å²) in [7, 11) is -2.47. The molecule has 0 unspecified atom stereocenters. The van der Waals surface area contributed by atoms with Crippen molar-refractivity contribution < 1.29 is 9.53 Å². The third-order valence-corrected chi connectivity index (χ3v) is 10.5. The molecule has 0 amide bonds. The zero-order valence-corrected chi connectivity index (χ0v) is 19.1. The molecule has 0 radical (unpaired) electrons. The summed E-state index contributed by atoms with van der Waals surface area (Å²) in [6, 6.07) is 21.5. The third kappa shape index (κ3) is 5.22. The topological polar surface area (TPSA) is 29.5 Å². The summed E-state index contributed by atoms with van der Waals surface area (Å²) in [4.78, 5) is 0. The second-order valence-electron chi connectivity index (χ2n) is 9.02. The monoisotopic (exact) mass is 396 g/mol. The van der Waals surface area contributed by atoms with E-state index >= 15 is 0 Å². The second kappa shape index (κ2) is 9.68. The van der Waals surface area contributed by atoms with E-state index in [1.54, 1.807) is 0 Å². The van der Waals surface area contributed by atoms with E-state index in [0.29, 0.717) is 12.5 Å². The maximum Gasteiger partial charge on any atom is 0.261 e. The first-order chi connectivity index (χ1) is 13.2. The molecule has 2 atom stereocenters. The van der Waals surface area contributed by atoms with Crippen molar-refractivity contribution in [3.63, 3.8) is 0 Å². The van der Waals surface area contributed by atoms with Crippen LogP contribution in [0.4, 0.5) is 0 Å². The van der Waals surface area contributed by atoms with Crippen molar-refractivity contribution in [2.45, 2.75) is 58.6 Å². The Kier molecular flexibility index (Phi) is 7.82. The predicted molar refractivity (Wildman–Crippen MR) is 123 cm³/mol. The Morgan fingerprint density at radius 3 is 1.82 bits per heavy atom. The van der Waals surface area contributed by atoms with Crippen molar-refractivity contribution in [3.05, 3.63) is 72.8 Å². The molecule has 0 aliphatic rings. The smallest absolute Gasteiger partial charge is 0.261 e. The number of aliphatic hydroxyl groups excluding tert-OH is 1. The number of benzene rings is 2. The van der Waals surface area contributed by atoms with E-state index in [1.165, 1.54) is 10.4 Å². The highest BCUT2D eigenvalue weighted by Crippen LogP contribution is 2.37. The predicted octanol–water partition coefficient (Wildman–Crippen LogP) is 4.92. The molecule has 0 aromatic heterocycles. The molecule has 2 aromatic rings. The lowest BCUT2D eigenvalue weighted by Gasteiger charge is -2.43. The van der Waals surface area contributed by atoms with Gasteiger partial charge in [-0.2, -0.15) is 0 Å². The molecular formula is C25H36O2Si. The standard InChI is InChI=1S/C25H36O2Si/c1-20(2)24(26)18-17-21(3)19-27-28(25(4,5)6,22-13-9-7-10-14-22)23-15-11-8-12-16-23/h7-16,21,24,26H,1,17-19H2,2-6H3/t21-,24-/m0/s1. The summed E-state index contributed by atoms with van der Waals surface area (Å²) in [5.74, 6) is 0.371. The Bertz CT molecular complexity index is 695. The number of hydrogen-bond donors (Lipinski definition) is 1. The maximum absolute atomic E-state index is 10.1. The van der Waals surface area contributed by atoms with Crippen LogP contribution < -0.4 is 10.4 Å². The molecule has 0 bridgehead atoms. The highest BCUT2D eigenvalue weighted by molar-refractivity contribution is 6.99. The lowest BCUT2D eigenvalue weighted by molar-refractivity contribution is 0.174. The molecule has 3 heteroatoms. The molecule has 0 saturated carbocycles. The molecule has 0 fully saturated rings. The molecule has 0 saturated heterocycles. The summed E-state index contributed by atoms with van der Waals surface area (Å²) < 4.78 is 6.96. The van der Waals surface area contributed by atoms with Gasteiger partial charge < -0.3 is 9.53 Å². The van der Waals surface area contributed by atoms with E-state index in [9.17, 15) is 5.11 Å². The van der Waals surface area contributed by atoms with Crippen molar-refractivity contribution >= 4 is 18.7 Å². The summed E-state index contributed by atoms with van der Waals surface area (Å²) in [6.45, 7) is 15.5.